The second-order valence-electron chi connectivity index (χ2n) is 3.28. The summed E-state index contributed by atoms with van der Waals surface area (Å²) >= 11 is 0. The lowest BCUT2D eigenvalue weighted by molar-refractivity contribution is -0.145. The van der Waals surface area contributed by atoms with E-state index < -0.39 is 23.5 Å². The number of carbonyl (C=O) groups is 3. The Kier molecular flexibility index (Phi) is 7.11. The number of ether oxygens (including phenoxy) is 3. The van der Waals surface area contributed by atoms with Crippen LogP contribution >= 0.6 is 0 Å². The highest BCUT2D eigenvalue weighted by Gasteiger charge is 2.21. The first-order valence-electron chi connectivity index (χ1n) is 5.13. The molecule has 0 aliphatic carbocycles. The van der Waals surface area contributed by atoms with Gasteiger partial charge in [0.05, 0.1) is 14.2 Å². The van der Waals surface area contributed by atoms with Crippen LogP contribution in [-0.2, 0) is 28.6 Å². The zero-order valence-corrected chi connectivity index (χ0v) is 10.8. The van der Waals surface area contributed by atoms with E-state index in [2.05, 4.69) is 9.47 Å². The van der Waals surface area contributed by atoms with Gasteiger partial charge in [0, 0.05) is 6.08 Å². The predicted molar refractivity (Wildman–Crippen MR) is 62.5 cm³/mol. The Labute approximate surface area is 105 Å². The summed E-state index contributed by atoms with van der Waals surface area (Å²) in [6.07, 6.45) is 2.53. The Morgan fingerprint density at radius 2 is 1.56 bits per heavy atom. The Bertz CT molecular complexity index is 373. The molecule has 0 radical (unpaired) electrons. The van der Waals surface area contributed by atoms with Crippen LogP contribution in [-0.4, -0.2) is 38.7 Å². The van der Waals surface area contributed by atoms with E-state index >= 15 is 0 Å². The van der Waals surface area contributed by atoms with Gasteiger partial charge in [-0.25, -0.2) is 14.4 Å². The summed E-state index contributed by atoms with van der Waals surface area (Å²) < 4.78 is 13.5. The van der Waals surface area contributed by atoms with E-state index in [-0.39, 0.29) is 6.61 Å². The summed E-state index contributed by atoms with van der Waals surface area (Å²) in [5.74, 6) is -2.73. The van der Waals surface area contributed by atoms with Gasteiger partial charge in [0.25, 0.3) is 0 Å². The lowest BCUT2D eigenvalue weighted by Gasteiger charge is -2.04. The van der Waals surface area contributed by atoms with Crippen LogP contribution in [0.15, 0.2) is 23.3 Å². The SMILES string of the molecule is C/C=C(\C)COC(=O)C=C(C(=O)OC)C(=O)OC. The standard InChI is InChI=1S/C12H16O6/c1-5-8(2)7-18-10(13)6-9(11(14)16-3)12(15)17-4/h5-6H,7H2,1-4H3/b8-5+. The third kappa shape index (κ3) is 5.29. The van der Waals surface area contributed by atoms with Crippen molar-refractivity contribution in [3.05, 3.63) is 23.3 Å². The molecule has 0 aromatic heterocycles. The molecule has 6 heteroatoms. The van der Waals surface area contributed by atoms with Gasteiger partial charge in [-0.05, 0) is 19.4 Å². The monoisotopic (exact) mass is 256 g/mol. The van der Waals surface area contributed by atoms with E-state index in [1.807, 2.05) is 0 Å². The fraction of sp³-hybridized carbons (Fsp3) is 0.417. The topological polar surface area (TPSA) is 78.9 Å². The first kappa shape index (κ1) is 15.9. The average molecular weight is 256 g/mol. The molecule has 0 aliphatic heterocycles. The zero-order chi connectivity index (χ0) is 14.1. The van der Waals surface area contributed by atoms with Crippen molar-refractivity contribution in [1.82, 2.24) is 0 Å². The molecule has 0 aliphatic rings. The van der Waals surface area contributed by atoms with Gasteiger partial charge < -0.3 is 14.2 Å². The minimum Gasteiger partial charge on any atom is -0.465 e. The number of allylic oxidation sites excluding steroid dienone is 1. The smallest absolute Gasteiger partial charge is 0.345 e. The molecule has 0 rings (SSSR count). The van der Waals surface area contributed by atoms with Crippen LogP contribution < -0.4 is 0 Å². The molecule has 0 saturated heterocycles. The minimum atomic E-state index is -0.957. The fourth-order valence-electron chi connectivity index (χ4n) is 0.849. The quantitative estimate of drug-likeness (QED) is 0.180. The summed E-state index contributed by atoms with van der Waals surface area (Å²) in [6.45, 7) is 3.66. The molecule has 0 bridgehead atoms. The first-order valence-corrected chi connectivity index (χ1v) is 5.13. The average Bonchev–Trinajstić information content (AvgIpc) is 2.40. The highest BCUT2D eigenvalue weighted by atomic mass is 16.5. The molecule has 0 N–H and O–H groups in total. The maximum Gasteiger partial charge on any atom is 0.345 e. The maximum atomic E-state index is 11.4. The summed E-state index contributed by atoms with van der Waals surface area (Å²) in [6, 6.07) is 0. The van der Waals surface area contributed by atoms with Crippen molar-refractivity contribution in [2.75, 3.05) is 20.8 Å². The Morgan fingerprint density at radius 3 is 1.94 bits per heavy atom. The summed E-state index contributed by atoms with van der Waals surface area (Å²) in [7, 11) is 2.18. The molecule has 0 unspecified atom stereocenters. The fourth-order valence-corrected chi connectivity index (χ4v) is 0.849. The molecule has 0 heterocycles. The van der Waals surface area contributed by atoms with Crippen LogP contribution in [0.5, 0.6) is 0 Å². The molecule has 6 nitrogen and oxygen atoms in total. The molecule has 0 saturated carbocycles. The van der Waals surface area contributed by atoms with Gasteiger partial charge in [-0.15, -0.1) is 0 Å². The second-order valence-corrected chi connectivity index (χ2v) is 3.28. The molecular weight excluding hydrogens is 240 g/mol. The van der Waals surface area contributed by atoms with Gasteiger partial charge in [0.1, 0.15) is 6.61 Å². The van der Waals surface area contributed by atoms with Gasteiger partial charge in [0.2, 0.25) is 0 Å². The van der Waals surface area contributed by atoms with Crippen molar-refractivity contribution in [2.45, 2.75) is 13.8 Å². The van der Waals surface area contributed by atoms with Crippen molar-refractivity contribution in [3.8, 4) is 0 Å². The Morgan fingerprint density at radius 1 is 1.06 bits per heavy atom. The molecular formula is C12H16O6. The lowest BCUT2D eigenvalue weighted by atomic mass is 10.2. The van der Waals surface area contributed by atoms with Crippen molar-refractivity contribution in [3.63, 3.8) is 0 Å². The van der Waals surface area contributed by atoms with Gasteiger partial charge in [0.15, 0.2) is 5.57 Å². The van der Waals surface area contributed by atoms with Gasteiger partial charge in [-0.2, -0.15) is 0 Å². The van der Waals surface area contributed by atoms with Gasteiger partial charge in [-0.3, -0.25) is 0 Å². The van der Waals surface area contributed by atoms with Gasteiger partial charge in [-0.1, -0.05) is 6.08 Å². The van der Waals surface area contributed by atoms with Gasteiger partial charge >= 0.3 is 17.9 Å². The number of carbonyl (C=O) groups excluding carboxylic acids is 3. The zero-order valence-electron chi connectivity index (χ0n) is 10.8. The minimum absolute atomic E-state index is 0.0848. The maximum absolute atomic E-state index is 11.4. The van der Waals surface area contributed by atoms with Crippen molar-refractivity contribution < 1.29 is 28.6 Å². The third-order valence-corrected chi connectivity index (χ3v) is 2.01. The molecule has 18 heavy (non-hydrogen) atoms. The second kappa shape index (κ2) is 8.05. The lowest BCUT2D eigenvalue weighted by Crippen LogP contribution is -2.18. The van der Waals surface area contributed by atoms with E-state index in [4.69, 9.17) is 4.74 Å². The van der Waals surface area contributed by atoms with Crippen LogP contribution in [0.3, 0.4) is 0 Å². The van der Waals surface area contributed by atoms with E-state index in [0.29, 0.717) is 0 Å². The molecule has 0 spiro atoms. The molecule has 0 aromatic rings. The van der Waals surface area contributed by atoms with Crippen LogP contribution in [0, 0.1) is 0 Å². The highest BCUT2D eigenvalue weighted by Crippen LogP contribution is 2.02. The van der Waals surface area contributed by atoms with Crippen LogP contribution in [0.1, 0.15) is 13.8 Å². The number of hydrogen-bond acceptors (Lipinski definition) is 6. The van der Waals surface area contributed by atoms with Crippen LogP contribution in [0.4, 0.5) is 0 Å². The van der Waals surface area contributed by atoms with E-state index in [1.54, 1.807) is 19.9 Å². The number of esters is 3. The molecule has 0 aromatic carbocycles. The Balaban J connectivity index is 4.80. The normalized spacial score (nSPS) is 10.3. The van der Waals surface area contributed by atoms with E-state index in [0.717, 1.165) is 25.9 Å². The van der Waals surface area contributed by atoms with E-state index in [9.17, 15) is 14.4 Å². The number of rotatable bonds is 5. The highest BCUT2D eigenvalue weighted by molar-refractivity contribution is 6.17. The predicted octanol–water partition coefficient (Wildman–Crippen LogP) is 0.768. The van der Waals surface area contributed by atoms with E-state index in [1.165, 1.54) is 0 Å². The van der Waals surface area contributed by atoms with Crippen LogP contribution in [0.25, 0.3) is 0 Å². The molecule has 100 valence electrons. The summed E-state index contributed by atoms with van der Waals surface area (Å²) in [4.78, 5) is 33.8. The van der Waals surface area contributed by atoms with Crippen molar-refractivity contribution in [2.24, 2.45) is 0 Å². The summed E-state index contributed by atoms with van der Waals surface area (Å²) in [5, 5.41) is 0. The molecule has 0 fully saturated rings. The first-order chi connectivity index (χ1) is 8.46. The molecule has 0 amide bonds. The summed E-state index contributed by atoms with van der Waals surface area (Å²) in [5.41, 5.74) is 0.331. The number of hydrogen-bond donors (Lipinski definition) is 0. The Hall–Kier alpha value is -2.11. The van der Waals surface area contributed by atoms with Crippen LogP contribution in [0.2, 0.25) is 0 Å². The molecule has 0 atom stereocenters. The largest absolute Gasteiger partial charge is 0.465 e. The number of methoxy groups -OCH3 is 2. The third-order valence-electron chi connectivity index (χ3n) is 2.01. The van der Waals surface area contributed by atoms with Crippen molar-refractivity contribution >= 4 is 17.9 Å². The van der Waals surface area contributed by atoms with Crippen molar-refractivity contribution in [1.29, 1.82) is 0 Å².